The summed E-state index contributed by atoms with van der Waals surface area (Å²) >= 11 is 5.86. The molecule has 0 radical (unpaired) electrons. The van der Waals surface area contributed by atoms with Gasteiger partial charge in [0.15, 0.2) is 0 Å². The lowest BCUT2D eigenvalue weighted by Crippen LogP contribution is -2.45. The second kappa shape index (κ2) is 15.5. The zero-order valence-electron chi connectivity index (χ0n) is 24.8. The van der Waals surface area contributed by atoms with E-state index in [2.05, 4.69) is 20.5 Å². The summed E-state index contributed by atoms with van der Waals surface area (Å²) in [7, 11) is 0. The molecule has 1 aromatic heterocycles. The van der Waals surface area contributed by atoms with Crippen LogP contribution in [0.5, 0.6) is 5.75 Å². The number of piperidine rings is 2. The van der Waals surface area contributed by atoms with E-state index in [-0.39, 0.29) is 34.6 Å². The maximum Gasteiger partial charge on any atom is 0.259 e. The van der Waals surface area contributed by atoms with Crippen LogP contribution in [0, 0.1) is 0 Å². The van der Waals surface area contributed by atoms with Crippen LogP contribution in [0.15, 0.2) is 60.8 Å². The van der Waals surface area contributed by atoms with Gasteiger partial charge >= 0.3 is 0 Å². The minimum atomic E-state index is -0.554. The predicted octanol–water partition coefficient (Wildman–Crippen LogP) is 6.16. The third-order valence-electron chi connectivity index (χ3n) is 7.74. The lowest BCUT2D eigenvalue weighted by Gasteiger charge is -2.35. The number of benzene rings is 2. The number of anilines is 2. The summed E-state index contributed by atoms with van der Waals surface area (Å²) in [5, 5.41) is 16.2. The molecule has 1 atom stereocenters. The minimum Gasteiger partial charge on any atom is -0.506 e. The SMILES string of the molecule is CC.O=C(Nc1c(O)cccc1C(=O)Nc1ccc(Cl)cn1)c1ccc(C2CCCN(CCN3CCCCC3)C2=O)cc1. The van der Waals surface area contributed by atoms with Gasteiger partial charge in [-0.15, -0.1) is 0 Å². The summed E-state index contributed by atoms with van der Waals surface area (Å²) in [6.07, 6.45) is 6.89. The van der Waals surface area contributed by atoms with Crippen LogP contribution in [0.3, 0.4) is 0 Å². The van der Waals surface area contributed by atoms with E-state index in [0.29, 0.717) is 10.6 Å². The van der Waals surface area contributed by atoms with Crippen molar-refractivity contribution in [3.05, 3.63) is 82.5 Å². The molecule has 10 heteroatoms. The Kier molecular flexibility index (Phi) is 11.5. The van der Waals surface area contributed by atoms with Crippen LogP contribution in [0.25, 0.3) is 0 Å². The zero-order chi connectivity index (χ0) is 30.8. The molecule has 2 saturated heterocycles. The molecule has 0 spiro atoms. The van der Waals surface area contributed by atoms with Crippen LogP contribution in [-0.4, -0.2) is 70.3 Å². The molecule has 3 aromatic rings. The summed E-state index contributed by atoms with van der Waals surface area (Å²) in [5.74, 6) is -1.10. The standard InChI is InChI=1S/C31H34ClN5O4.C2H6/c32-23-13-14-27(33-20-23)34-30(40)25-6-4-8-26(38)28(25)35-29(39)22-11-9-21(10-12-22)24-7-5-17-37(31(24)41)19-18-36-15-2-1-3-16-36;1-2/h4,6,8-14,20,24,38H,1-3,5,7,15-19H2,(H,35,39)(H,33,34,40);1-2H3. The number of hydrogen-bond donors (Lipinski definition) is 3. The highest BCUT2D eigenvalue weighted by Gasteiger charge is 2.30. The van der Waals surface area contributed by atoms with Gasteiger partial charge < -0.3 is 25.5 Å². The van der Waals surface area contributed by atoms with Crippen LogP contribution >= 0.6 is 11.6 Å². The number of phenolic OH excluding ortho intramolecular Hbond substituents is 1. The normalized spacial score (nSPS) is 17.0. The highest BCUT2D eigenvalue weighted by molar-refractivity contribution is 6.30. The van der Waals surface area contributed by atoms with E-state index in [1.807, 2.05) is 30.9 Å². The number of carbonyl (C=O) groups is 3. The third-order valence-corrected chi connectivity index (χ3v) is 7.96. The molecule has 3 amide bonds. The van der Waals surface area contributed by atoms with Gasteiger partial charge in [-0.2, -0.15) is 0 Å². The quantitative estimate of drug-likeness (QED) is 0.265. The molecule has 43 heavy (non-hydrogen) atoms. The van der Waals surface area contributed by atoms with Crippen LogP contribution in [0.1, 0.15) is 78.1 Å². The van der Waals surface area contributed by atoms with Crippen molar-refractivity contribution in [2.45, 2.75) is 51.9 Å². The van der Waals surface area contributed by atoms with Crippen LogP contribution in [0.4, 0.5) is 11.5 Å². The molecule has 2 aromatic carbocycles. The number of amides is 3. The first-order chi connectivity index (χ1) is 20.9. The van der Waals surface area contributed by atoms with Crippen molar-refractivity contribution in [3.63, 3.8) is 0 Å². The Balaban J connectivity index is 0.00000207. The van der Waals surface area contributed by atoms with E-state index in [0.717, 1.165) is 51.1 Å². The fourth-order valence-corrected chi connectivity index (χ4v) is 5.58. The Bertz CT molecular complexity index is 1390. The monoisotopic (exact) mass is 605 g/mol. The maximum atomic E-state index is 13.3. The second-order valence-corrected chi connectivity index (χ2v) is 11.0. The van der Waals surface area contributed by atoms with Crippen LogP contribution < -0.4 is 10.6 Å². The number of aromatic nitrogens is 1. The Morgan fingerprint density at radius 3 is 2.35 bits per heavy atom. The van der Waals surface area contributed by atoms with Crippen molar-refractivity contribution in [1.82, 2.24) is 14.8 Å². The third kappa shape index (κ3) is 8.33. The van der Waals surface area contributed by atoms with Crippen molar-refractivity contribution in [2.24, 2.45) is 0 Å². The van der Waals surface area contributed by atoms with Gasteiger partial charge in [-0.25, -0.2) is 4.98 Å². The number of phenols is 1. The number of rotatable bonds is 8. The first-order valence-electron chi connectivity index (χ1n) is 15.1. The average Bonchev–Trinajstić information content (AvgIpc) is 3.04. The summed E-state index contributed by atoms with van der Waals surface area (Å²) in [4.78, 5) is 47.8. The number of likely N-dealkylation sites (tertiary alicyclic amines) is 2. The molecule has 228 valence electrons. The van der Waals surface area contributed by atoms with E-state index >= 15 is 0 Å². The van der Waals surface area contributed by atoms with E-state index in [1.54, 1.807) is 24.3 Å². The molecule has 9 nitrogen and oxygen atoms in total. The highest BCUT2D eigenvalue weighted by atomic mass is 35.5. The van der Waals surface area contributed by atoms with E-state index in [1.165, 1.54) is 43.7 Å². The van der Waals surface area contributed by atoms with Crippen LogP contribution in [-0.2, 0) is 4.79 Å². The number of carbonyl (C=O) groups excluding carboxylic acids is 3. The van der Waals surface area contributed by atoms with Gasteiger partial charge in [0.1, 0.15) is 11.6 Å². The lowest BCUT2D eigenvalue weighted by atomic mass is 9.89. The van der Waals surface area contributed by atoms with Gasteiger partial charge in [0.05, 0.1) is 22.2 Å². The number of halogens is 1. The molecule has 3 heterocycles. The fraction of sp³-hybridized carbons (Fsp3) is 0.394. The number of hydrogen-bond acceptors (Lipinski definition) is 6. The molecule has 3 N–H and O–H groups in total. The number of para-hydroxylation sites is 1. The lowest BCUT2D eigenvalue weighted by molar-refractivity contribution is -0.135. The van der Waals surface area contributed by atoms with Gasteiger partial charge in [-0.05, 0) is 80.7 Å². The molecule has 2 aliphatic rings. The summed E-state index contributed by atoms with van der Waals surface area (Å²) < 4.78 is 0. The van der Waals surface area contributed by atoms with Gasteiger partial charge in [0.2, 0.25) is 5.91 Å². The van der Waals surface area contributed by atoms with E-state index in [4.69, 9.17) is 11.6 Å². The minimum absolute atomic E-state index is 0.0140. The smallest absolute Gasteiger partial charge is 0.259 e. The van der Waals surface area contributed by atoms with Crippen molar-refractivity contribution in [2.75, 3.05) is 43.4 Å². The van der Waals surface area contributed by atoms with Gasteiger partial charge in [-0.3, -0.25) is 14.4 Å². The number of nitrogens with one attached hydrogen (secondary N) is 2. The summed E-state index contributed by atoms with van der Waals surface area (Å²) in [6.45, 7) is 8.68. The first-order valence-corrected chi connectivity index (χ1v) is 15.4. The predicted molar refractivity (Wildman–Crippen MR) is 170 cm³/mol. The van der Waals surface area contributed by atoms with Gasteiger partial charge in [-0.1, -0.05) is 50.1 Å². The molecular formula is C33H40ClN5O4. The molecular weight excluding hydrogens is 566 g/mol. The number of aromatic hydroxyl groups is 1. The highest BCUT2D eigenvalue weighted by Crippen LogP contribution is 2.31. The molecule has 0 saturated carbocycles. The second-order valence-electron chi connectivity index (χ2n) is 10.5. The average molecular weight is 606 g/mol. The van der Waals surface area contributed by atoms with Crippen molar-refractivity contribution in [1.29, 1.82) is 0 Å². The van der Waals surface area contributed by atoms with Crippen molar-refractivity contribution in [3.8, 4) is 5.75 Å². The molecule has 2 aliphatic heterocycles. The maximum absolute atomic E-state index is 13.3. The Hall–Kier alpha value is -3.95. The zero-order valence-corrected chi connectivity index (χ0v) is 25.6. The topological polar surface area (TPSA) is 115 Å². The first kappa shape index (κ1) is 32.0. The largest absolute Gasteiger partial charge is 0.506 e. The molecule has 1 unspecified atom stereocenters. The van der Waals surface area contributed by atoms with E-state index in [9.17, 15) is 19.5 Å². The summed E-state index contributed by atoms with van der Waals surface area (Å²) in [5.41, 5.74) is 1.28. The Morgan fingerprint density at radius 1 is 0.907 bits per heavy atom. The van der Waals surface area contributed by atoms with Crippen LogP contribution in [0.2, 0.25) is 5.02 Å². The Labute approximate surface area is 258 Å². The number of nitrogens with zero attached hydrogens (tertiary/aromatic N) is 3. The number of pyridine rings is 1. The van der Waals surface area contributed by atoms with Crippen molar-refractivity contribution >= 4 is 40.8 Å². The molecule has 5 rings (SSSR count). The van der Waals surface area contributed by atoms with Gasteiger partial charge in [0, 0.05) is 31.4 Å². The van der Waals surface area contributed by atoms with Crippen molar-refractivity contribution < 1.29 is 19.5 Å². The summed E-state index contributed by atoms with van der Waals surface area (Å²) in [6, 6.07) is 14.5. The Morgan fingerprint density at radius 2 is 1.65 bits per heavy atom. The van der Waals surface area contributed by atoms with Gasteiger partial charge in [0.25, 0.3) is 11.8 Å². The molecule has 2 fully saturated rings. The molecule has 0 aliphatic carbocycles. The van der Waals surface area contributed by atoms with E-state index < -0.39 is 11.8 Å². The fourth-order valence-electron chi connectivity index (χ4n) is 5.46. The molecule has 0 bridgehead atoms.